The Morgan fingerprint density at radius 3 is 1.95 bits per heavy atom. The van der Waals surface area contributed by atoms with Crippen molar-refractivity contribution in [2.24, 2.45) is 11.5 Å². The molecule has 0 bridgehead atoms. The first-order valence-corrected chi connectivity index (χ1v) is 5.30. The molecule has 0 rings (SSSR count). The molecule has 0 fully saturated rings. The van der Waals surface area contributed by atoms with Crippen LogP contribution in [-0.4, -0.2) is 36.3 Å². The lowest BCUT2D eigenvalue weighted by atomic mass is 10.3. The number of hydrogen-bond acceptors (Lipinski definition) is 8. The lowest BCUT2D eigenvalue weighted by Crippen LogP contribution is -2.39. The number of amides is 2. The topological polar surface area (TPSA) is 163 Å². The standard InChI is InChI=1S/C9H16N4O6/c1-5(11)9(17)13-19-8(16)3-2-7(15)18-12-6(14)4-10/h5H,2-4,10-11H2,1H3,(H,12,14)(H,13,17). The average molecular weight is 276 g/mol. The summed E-state index contributed by atoms with van der Waals surface area (Å²) in [7, 11) is 0. The maximum Gasteiger partial charge on any atom is 0.332 e. The van der Waals surface area contributed by atoms with Crippen LogP contribution in [0, 0.1) is 0 Å². The second-order valence-corrected chi connectivity index (χ2v) is 3.43. The second-order valence-electron chi connectivity index (χ2n) is 3.43. The van der Waals surface area contributed by atoms with E-state index in [2.05, 4.69) is 9.68 Å². The van der Waals surface area contributed by atoms with Crippen molar-refractivity contribution in [3.8, 4) is 0 Å². The highest BCUT2D eigenvalue weighted by Gasteiger charge is 2.13. The van der Waals surface area contributed by atoms with Crippen LogP contribution in [0.4, 0.5) is 0 Å². The molecule has 2 amide bonds. The van der Waals surface area contributed by atoms with Gasteiger partial charge in [-0.15, -0.1) is 0 Å². The maximum atomic E-state index is 11.1. The van der Waals surface area contributed by atoms with E-state index < -0.39 is 29.8 Å². The van der Waals surface area contributed by atoms with E-state index in [4.69, 9.17) is 11.5 Å². The minimum Gasteiger partial charge on any atom is -0.341 e. The molecule has 1 atom stereocenters. The van der Waals surface area contributed by atoms with Crippen molar-refractivity contribution in [3.05, 3.63) is 0 Å². The third-order valence-electron chi connectivity index (χ3n) is 1.68. The Morgan fingerprint density at radius 1 is 1.05 bits per heavy atom. The van der Waals surface area contributed by atoms with Crippen LogP contribution in [0.15, 0.2) is 0 Å². The minimum absolute atomic E-state index is 0.335. The predicted octanol–water partition coefficient (Wildman–Crippen LogP) is -2.78. The lowest BCUT2D eigenvalue weighted by molar-refractivity contribution is -0.163. The lowest BCUT2D eigenvalue weighted by Gasteiger charge is -2.07. The Balaban J connectivity index is 3.75. The van der Waals surface area contributed by atoms with Crippen LogP contribution in [-0.2, 0) is 28.9 Å². The summed E-state index contributed by atoms with van der Waals surface area (Å²) in [5.74, 6) is -3.06. The van der Waals surface area contributed by atoms with E-state index in [1.807, 2.05) is 5.48 Å². The summed E-state index contributed by atoms with van der Waals surface area (Å²) in [6, 6.07) is -0.829. The zero-order chi connectivity index (χ0) is 14.8. The van der Waals surface area contributed by atoms with Gasteiger partial charge in [-0.3, -0.25) is 9.59 Å². The molecule has 108 valence electrons. The van der Waals surface area contributed by atoms with Crippen LogP contribution in [0.5, 0.6) is 0 Å². The van der Waals surface area contributed by atoms with Gasteiger partial charge in [-0.2, -0.15) is 11.0 Å². The molecule has 0 aliphatic heterocycles. The first kappa shape index (κ1) is 16.8. The third kappa shape index (κ3) is 8.51. The quantitative estimate of drug-likeness (QED) is 0.392. The molecule has 0 radical (unpaired) electrons. The van der Waals surface area contributed by atoms with Gasteiger partial charge in [0, 0.05) is 0 Å². The van der Waals surface area contributed by atoms with E-state index in [0.29, 0.717) is 0 Å². The van der Waals surface area contributed by atoms with Gasteiger partial charge in [0.2, 0.25) is 0 Å². The summed E-state index contributed by atoms with van der Waals surface area (Å²) < 4.78 is 0. The molecule has 0 saturated carbocycles. The summed E-state index contributed by atoms with van der Waals surface area (Å²) >= 11 is 0. The van der Waals surface area contributed by atoms with Gasteiger partial charge in [-0.05, 0) is 6.92 Å². The summed E-state index contributed by atoms with van der Waals surface area (Å²) in [6.07, 6.45) is -0.672. The van der Waals surface area contributed by atoms with Gasteiger partial charge in [0.05, 0.1) is 25.4 Å². The van der Waals surface area contributed by atoms with Gasteiger partial charge in [0.1, 0.15) is 0 Å². The summed E-state index contributed by atoms with van der Waals surface area (Å²) in [5, 5.41) is 0. The molecule has 0 aromatic rings. The number of carbonyl (C=O) groups is 4. The maximum absolute atomic E-state index is 11.1. The fourth-order valence-electron chi connectivity index (χ4n) is 0.662. The zero-order valence-corrected chi connectivity index (χ0v) is 10.3. The van der Waals surface area contributed by atoms with Crippen molar-refractivity contribution in [3.63, 3.8) is 0 Å². The smallest absolute Gasteiger partial charge is 0.332 e. The van der Waals surface area contributed by atoms with Crippen LogP contribution in [0.3, 0.4) is 0 Å². The predicted molar refractivity (Wildman–Crippen MR) is 60.4 cm³/mol. The van der Waals surface area contributed by atoms with E-state index in [1.54, 1.807) is 5.48 Å². The largest absolute Gasteiger partial charge is 0.341 e. The number of nitrogens with two attached hydrogens (primary N) is 2. The highest BCUT2D eigenvalue weighted by atomic mass is 16.7. The number of hydrogen-bond donors (Lipinski definition) is 4. The molecule has 1 unspecified atom stereocenters. The van der Waals surface area contributed by atoms with Crippen LogP contribution in [0.1, 0.15) is 19.8 Å². The summed E-state index contributed by atoms with van der Waals surface area (Å²) in [6.45, 7) is 1.07. The highest BCUT2D eigenvalue weighted by Crippen LogP contribution is 1.94. The fraction of sp³-hybridized carbons (Fsp3) is 0.556. The molecular formula is C9H16N4O6. The number of nitrogens with one attached hydrogen (secondary N) is 2. The summed E-state index contributed by atoms with van der Waals surface area (Å²) in [5.41, 5.74) is 13.7. The van der Waals surface area contributed by atoms with E-state index in [0.717, 1.165) is 0 Å². The van der Waals surface area contributed by atoms with Crippen molar-refractivity contribution in [2.75, 3.05) is 6.54 Å². The molecule has 0 heterocycles. The first-order valence-electron chi connectivity index (χ1n) is 5.30. The fourth-order valence-corrected chi connectivity index (χ4v) is 0.662. The van der Waals surface area contributed by atoms with Gasteiger partial charge < -0.3 is 21.1 Å². The Morgan fingerprint density at radius 2 is 1.53 bits per heavy atom. The van der Waals surface area contributed by atoms with Crippen molar-refractivity contribution in [1.29, 1.82) is 0 Å². The highest BCUT2D eigenvalue weighted by molar-refractivity contribution is 5.83. The zero-order valence-electron chi connectivity index (χ0n) is 10.3. The van der Waals surface area contributed by atoms with Crippen LogP contribution >= 0.6 is 0 Å². The molecule has 10 heteroatoms. The van der Waals surface area contributed by atoms with Crippen molar-refractivity contribution >= 4 is 23.8 Å². The monoisotopic (exact) mass is 276 g/mol. The molecule has 0 aliphatic rings. The molecular weight excluding hydrogens is 260 g/mol. The van der Waals surface area contributed by atoms with E-state index in [-0.39, 0.29) is 19.4 Å². The van der Waals surface area contributed by atoms with Crippen molar-refractivity contribution in [2.45, 2.75) is 25.8 Å². The van der Waals surface area contributed by atoms with Gasteiger partial charge in [0.15, 0.2) is 0 Å². The Kier molecular flexibility index (Phi) is 7.81. The number of rotatable bonds is 5. The third-order valence-corrected chi connectivity index (χ3v) is 1.68. The normalized spacial score (nSPS) is 11.1. The van der Waals surface area contributed by atoms with Gasteiger partial charge in [-0.25, -0.2) is 9.59 Å². The Labute approximate surface area is 108 Å². The Hall–Kier alpha value is -2.20. The minimum atomic E-state index is -0.851. The SMILES string of the molecule is CC(N)C(=O)NOC(=O)CCC(=O)ONC(=O)CN. The molecule has 0 saturated heterocycles. The van der Waals surface area contributed by atoms with Crippen LogP contribution in [0.25, 0.3) is 0 Å². The molecule has 0 aromatic heterocycles. The van der Waals surface area contributed by atoms with E-state index in [9.17, 15) is 19.2 Å². The van der Waals surface area contributed by atoms with Gasteiger partial charge in [-0.1, -0.05) is 0 Å². The molecule has 0 aliphatic carbocycles. The van der Waals surface area contributed by atoms with Crippen LogP contribution < -0.4 is 22.4 Å². The summed E-state index contributed by atoms with van der Waals surface area (Å²) in [4.78, 5) is 52.3. The molecule has 6 N–H and O–H groups in total. The second kappa shape index (κ2) is 8.83. The Bertz CT molecular complexity index is 357. The van der Waals surface area contributed by atoms with E-state index >= 15 is 0 Å². The molecule has 19 heavy (non-hydrogen) atoms. The van der Waals surface area contributed by atoms with E-state index in [1.165, 1.54) is 6.92 Å². The molecule has 0 aromatic carbocycles. The average Bonchev–Trinajstić information content (AvgIpc) is 2.39. The van der Waals surface area contributed by atoms with Crippen LogP contribution in [0.2, 0.25) is 0 Å². The first-order chi connectivity index (χ1) is 8.86. The number of carbonyl (C=O) groups excluding carboxylic acids is 4. The number of hydroxylamine groups is 2. The van der Waals surface area contributed by atoms with Gasteiger partial charge >= 0.3 is 11.9 Å². The molecule has 10 nitrogen and oxygen atoms in total. The van der Waals surface area contributed by atoms with Gasteiger partial charge in [0.25, 0.3) is 11.8 Å². The molecule has 0 spiro atoms. The van der Waals surface area contributed by atoms with Crippen molar-refractivity contribution in [1.82, 2.24) is 11.0 Å². The van der Waals surface area contributed by atoms with Crippen molar-refractivity contribution < 1.29 is 28.9 Å².